The normalized spacial score (nSPS) is 14.8. The third-order valence-corrected chi connectivity index (χ3v) is 5.10. The minimum Gasteiger partial charge on any atom is -0.337 e. The van der Waals surface area contributed by atoms with Gasteiger partial charge in [0.2, 0.25) is 5.91 Å². The van der Waals surface area contributed by atoms with Crippen LogP contribution in [-0.2, 0) is 17.8 Å². The van der Waals surface area contributed by atoms with E-state index in [9.17, 15) is 4.79 Å². The molecule has 3 rings (SSSR count). The zero-order valence-corrected chi connectivity index (χ0v) is 14.6. The van der Waals surface area contributed by atoms with Gasteiger partial charge in [-0.1, -0.05) is 44.5 Å². The van der Waals surface area contributed by atoms with Crippen molar-refractivity contribution in [2.24, 2.45) is 5.41 Å². The van der Waals surface area contributed by atoms with Crippen LogP contribution in [0, 0.1) is 5.41 Å². The summed E-state index contributed by atoms with van der Waals surface area (Å²) in [7, 11) is 0. The fourth-order valence-corrected chi connectivity index (χ4v) is 3.90. The molecule has 0 fully saturated rings. The molecule has 2 heterocycles. The lowest BCUT2D eigenvalue weighted by Crippen LogP contribution is -2.42. The van der Waals surface area contributed by atoms with Gasteiger partial charge in [0, 0.05) is 33.8 Å². The molecule has 2 aromatic rings. The molecule has 0 radical (unpaired) electrons. The van der Waals surface area contributed by atoms with Crippen LogP contribution in [0.1, 0.15) is 31.3 Å². The molecule has 0 atom stereocenters. The molecule has 3 nitrogen and oxygen atoms in total. The van der Waals surface area contributed by atoms with Gasteiger partial charge in [0.05, 0.1) is 12.2 Å². The van der Waals surface area contributed by atoms with Crippen LogP contribution in [0.25, 0.3) is 10.6 Å². The fourth-order valence-electron chi connectivity index (χ4n) is 2.59. The summed E-state index contributed by atoms with van der Waals surface area (Å²) in [5, 5.41) is 1.70. The van der Waals surface area contributed by atoms with Crippen molar-refractivity contribution < 1.29 is 4.79 Å². The molecule has 0 aliphatic carbocycles. The van der Waals surface area contributed by atoms with Crippen molar-refractivity contribution in [3.05, 3.63) is 39.9 Å². The molecular weight excluding hydrogens is 316 g/mol. The number of nitrogens with zero attached hydrogens (tertiary/aromatic N) is 2. The Morgan fingerprint density at radius 1 is 1.36 bits per heavy atom. The molecule has 1 aliphatic heterocycles. The van der Waals surface area contributed by atoms with Crippen molar-refractivity contribution >= 4 is 28.8 Å². The van der Waals surface area contributed by atoms with Gasteiger partial charge in [0.1, 0.15) is 5.01 Å². The fraction of sp³-hybridized carbons (Fsp3) is 0.412. The third kappa shape index (κ3) is 3.03. The van der Waals surface area contributed by atoms with E-state index in [0.717, 1.165) is 34.3 Å². The molecule has 1 aromatic heterocycles. The molecule has 0 bridgehead atoms. The number of halogens is 1. The van der Waals surface area contributed by atoms with Crippen molar-refractivity contribution in [1.82, 2.24) is 9.88 Å². The molecule has 1 amide bonds. The summed E-state index contributed by atoms with van der Waals surface area (Å²) in [6.07, 6.45) is 0.828. The van der Waals surface area contributed by atoms with Crippen molar-refractivity contribution in [3.63, 3.8) is 0 Å². The first-order valence-corrected chi connectivity index (χ1v) is 8.58. The molecule has 116 valence electrons. The van der Waals surface area contributed by atoms with Crippen LogP contribution in [0.15, 0.2) is 24.3 Å². The summed E-state index contributed by atoms with van der Waals surface area (Å²) in [5.41, 5.74) is 1.83. The number of aromatic nitrogens is 1. The Hall–Kier alpha value is -1.39. The maximum absolute atomic E-state index is 12.4. The van der Waals surface area contributed by atoms with Gasteiger partial charge in [-0.15, -0.1) is 11.3 Å². The van der Waals surface area contributed by atoms with Crippen LogP contribution in [0.5, 0.6) is 0 Å². The van der Waals surface area contributed by atoms with Gasteiger partial charge >= 0.3 is 0 Å². The van der Waals surface area contributed by atoms with E-state index >= 15 is 0 Å². The summed E-state index contributed by atoms with van der Waals surface area (Å²) in [5.74, 6) is 0.204. The topological polar surface area (TPSA) is 33.2 Å². The number of carbonyl (C=O) groups excluding carboxylic acids is 1. The molecule has 0 saturated heterocycles. The maximum atomic E-state index is 12.4. The molecule has 0 spiro atoms. The largest absolute Gasteiger partial charge is 0.337 e. The highest BCUT2D eigenvalue weighted by Crippen LogP contribution is 2.33. The second-order valence-electron chi connectivity index (χ2n) is 6.63. The maximum Gasteiger partial charge on any atom is 0.228 e. The lowest BCUT2D eigenvalue weighted by atomic mass is 9.94. The number of carbonyl (C=O) groups is 1. The van der Waals surface area contributed by atoms with Gasteiger partial charge in [-0.05, 0) is 12.1 Å². The van der Waals surface area contributed by atoms with Crippen molar-refractivity contribution in [1.29, 1.82) is 0 Å². The number of hydrogen-bond donors (Lipinski definition) is 0. The molecule has 22 heavy (non-hydrogen) atoms. The number of hydrogen-bond acceptors (Lipinski definition) is 3. The number of fused-ring (bicyclic) bond motifs is 1. The highest BCUT2D eigenvalue weighted by molar-refractivity contribution is 7.15. The van der Waals surface area contributed by atoms with Gasteiger partial charge in [-0.3, -0.25) is 4.79 Å². The predicted molar refractivity (Wildman–Crippen MR) is 91.1 cm³/mol. The minimum absolute atomic E-state index is 0.204. The van der Waals surface area contributed by atoms with Crippen molar-refractivity contribution in [3.8, 4) is 10.6 Å². The van der Waals surface area contributed by atoms with Crippen LogP contribution in [0.3, 0.4) is 0 Å². The van der Waals surface area contributed by atoms with E-state index in [1.165, 1.54) is 4.88 Å². The van der Waals surface area contributed by atoms with E-state index in [0.29, 0.717) is 6.54 Å². The first-order chi connectivity index (χ1) is 10.3. The first-order valence-electron chi connectivity index (χ1n) is 7.38. The standard InChI is InChI=1S/C17H19ClN2OS/c1-17(2,3)16(21)20-8-7-13-14(10-20)22-15(19-13)11-5-4-6-12(18)9-11/h4-6,9H,7-8,10H2,1-3H3. The highest BCUT2D eigenvalue weighted by atomic mass is 35.5. The Bertz CT molecular complexity index is 718. The Labute approximate surface area is 139 Å². The Morgan fingerprint density at radius 3 is 2.82 bits per heavy atom. The van der Waals surface area contributed by atoms with E-state index in [4.69, 9.17) is 16.6 Å². The monoisotopic (exact) mass is 334 g/mol. The molecule has 1 aliphatic rings. The molecule has 0 unspecified atom stereocenters. The summed E-state index contributed by atoms with van der Waals surface area (Å²) >= 11 is 7.73. The van der Waals surface area contributed by atoms with Crippen molar-refractivity contribution in [2.75, 3.05) is 6.54 Å². The second kappa shape index (κ2) is 5.67. The number of benzene rings is 1. The average Bonchev–Trinajstić information content (AvgIpc) is 2.88. The minimum atomic E-state index is -0.335. The van der Waals surface area contributed by atoms with Crippen LogP contribution in [-0.4, -0.2) is 22.3 Å². The quantitative estimate of drug-likeness (QED) is 0.774. The van der Waals surface area contributed by atoms with Gasteiger partial charge in [0.25, 0.3) is 0 Å². The zero-order valence-electron chi connectivity index (χ0n) is 13.0. The number of amides is 1. The van der Waals surface area contributed by atoms with E-state index < -0.39 is 0 Å². The molecule has 0 N–H and O–H groups in total. The summed E-state index contributed by atoms with van der Waals surface area (Å²) in [4.78, 5) is 20.3. The summed E-state index contributed by atoms with van der Waals surface area (Å²) in [6, 6.07) is 7.76. The van der Waals surface area contributed by atoms with Crippen LogP contribution in [0.4, 0.5) is 0 Å². The highest BCUT2D eigenvalue weighted by Gasteiger charge is 2.31. The molecular formula is C17H19ClN2OS. The van der Waals surface area contributed by atoms with Gasteiger partial charge in [0.15, 0.2) is 0 Å². The lowest BCUT2D eigenvalue weighted by Gasteiger charge is -2.31. The molecule has 1 aromatic carbocycles. The lowest BCUT2D eigenvalue weighted by molar-refractivity contribution is -0.140. The van der Waals surface area contributed by atoms with Gasteiger partial charge in [-0.25, -0.2) is 4.98 Å². The number of rotatable bonds is 1. The third-order valence-electron chi connectivity index (χ3n) is 3.73. The Morgan fingerprint density at radius 2 is 2.14 bits per heavy atom. The van der Waals surface area contributed by atoms with Crippen LogP contribution >= 0.6 is 22.9 Å². The smallest absolute Gasteiger partial charge is 0.228 e. The molecule has 5 heteroatoms. The van der Waals surface area contributed by atoms with Crippen molar-refractivity contribution in [2.45, 2.75) is 33.7 Å². The Kier molecular flexibility index (Phi) is 4.00. The van der Waals surface area contributed by atoms with E-state index in [1.807, 2.05) is 49.9 Å². The average molecular weight is 335 g/mol. The van der Waals surface area contributed by atoms with Gasteiger partial charge in [-0.2, -0.15) is 0 Å². The van der Waals surface area contributed by atoms with Crippen LogP contribution in [0.2, 0.25) is 5.02 Å². The SMILES string of the molecule is CC(C)(C)C(=O)N1CCc2nc(-c3cccc(Cl)c3)sc2C1. The second-order valence-corrected chi connectivity index (χ2v) is 8.15. The van der Waals surface area contributed by atoms with E-state index in [1.54, 1.807) is 11.3 Å². The summed E-state index contributed by atoms with van der Waals surface area (Å²) < 4.78 is 0. The van der Waals surface area contributed by atoms with E-state index in [2.05, 4.69) is 0 Å². The predicted octanol–water partition coefficient (Wildman–Crippen LogP) is 4.39. The zero-order chi connectivity index (χ0) is 15.9. The van der Waals surface area contributed by atoms with E-state index in [-0.39, 0.29) is 11.3 Å². The van der Waals surface area contributed by atoms with Gasteiger partial charge < -0.3 is 4.90 Å². The van der Waals surface area contributed by atoms with Crippen LogP contribution < -0.4 is 0 Å². The Balaban J connectivity index is 1.86. The first kappa shape index (κ1) is 15.5. The molecule has 0 saturated carbocycles. The summed E-state index contributed by atoms with van der Waals surface area (Å²) in [6.45, 7) is 7.32. The number of thiazole rings is 1.